The summed E-state index contributed by atoms with van der Waals surface area (Å²) < 4.78 is 38.0. The minimum Gasteiger partial charge on any atom is -0.545 e. The molecule has 20 heavy (non-hydrogen) atoms. The van der Waals surface area contributed by atoms with Crippen LogP contribution in [0, 0.1) is 0 Å². The zero-order valence-corrected chi connectivity index (χ0v) is 10.9. The van der Waals surface area contributed by atoms with Crippen LogP contribution in [0.3, 0.4) is 0 Å². The number of halogens is 3. The number of allylic oxidation sites excluding steroid dienone is 2. The molecule has 0 aliphatic rings. The average molecular weight is 284 g/mol. The zero-order valence-electron chi connectivity index (χ0n) is 10.9. The second-order valence-corrected chi connectivity index (χ2v) is 4.20. The van der Waals surface area contributed by atoms with Gasteiger partial charge in [0.05, 0.1) is 11.5 Å². The molecule has 0 aliphatic heterocycles. The number of nitrogens with zero attached hydrogens (tertiary/aromatic N) is 1. The molecule has 0 heterocycles. The normalized spacial score (nSPS) is 12.8. The maximum Gasteiger partial charge on any atom is 0.416 e. The van der Waals surface area contributed by atoms with Gasteiger partial charge in [0.2, 0.25) is 0 Å². The van der Waals surface area contributed by atoms with E-state index in [1.807, 2.05) is 0 Å². The first-order chi connectivity index (χ1) is 9.21. The van der Waals surface area contributed by atoms with Crippen molar-refractivity contribution in [2.75, 3.05) is 14.1 Å². The number of benzene rings is 1. The summed E-state index contributed by atoms with van der Waals surface area (Å²) in [7, 11) is 3.30. The monoisotopic (exact) mass is 284 g/mol. The molecule has 0 saturated heterocycles. The quantitative estimate of drug-likeness (QED) is 0.626. The Balaban J connectivity index is 3.20. The Morgan fingerprint density at radius 3 is 2.45 bits per heavy atom. The fourth-order valence-electron chi connectivity index (χ4n) is 1.58. The van der Waals surface area contributed by atoms with E-state index in [9.17, 15) is 23.1 Å². The fourth-order valence-corrected chi connectivity index (χ4v) is 1.58. The van der Waals surface area contributed by atoms with Gasteiger partial charge in [0, 0.05) is 19.8 Å². The van der Waals surface area contributed by atoms with E-state index >= 15 is 0 Å². The van der Waals surface area contributed by atoms with Gasteiger partial charge in [0.15, 0.2) is 0 Å². The first-order valence-corrected chi connectivity index (χ1v) is 5.66. The molecular weight excluding hydrogens is 271 g/mol. The van der Waals surface area contributed by atoms with Crippen molar-refractivity contribution in [2.24, 2.45) is 0 Å². The van der Waals surface area contributed by atoms with Crippen LogP contribution in [0.4, 0.5) is 13.2 Å². The smallest absolute Gasteiger partial charge is 0.416 e. The van der Waals surface area contributed by atoms with Crippen molar-refractivity contribution >= 4 is 11.7 Å². The molecule has 0 N–H and O–H groups in total. The van der Waals surface area contributed by atoms with Crippen molar-refractivity contribution in [1.29, 1.82) is 0 Å². The van der Waals surface area contributed by atoms with Gasteiger partial charge < -0.3 is 14.8 Å². The fraction of sp³-hybridized carbons (Fsp3) is 0.214. The van der Waals surface area contributed by atoms with E-state index in [1.165, 1.54) is 24.3 Å². The Labute approximate surface area is 114 Å². The van der Waals surface area contributed by atoms with Gasteiger partial charge >= 0.3 is 6.18 Å². The summed E-state index contributed by atoms with van der Waals surface area (Å²) in [5, 5.41) is 10.3. The minimum absolute atomic E-state index is 0.341. The summed E-state index contributed by atoms with van der Waals surface area (Å²) in [4.78, 5) is 11.9. The molecule has 0 amide bonds. The minimum atomic E-state index is -4.42. The van der Waals surface area contributed by atoms with Gasteiger partial charge in [-0.2, -0.15) is 13.2 Å². The predicted octanol–water partition coefficient (Wildman–Crippen LogP) is 1.91. The molecule has 0 aromatic heterocycles. The molecule has 1 aromatic carbocycles. The maximum atomic E-state index is 12.7. The van der Waals surface area contributed by atoms with Crippen LogP contribution in [0.5, 0.6) is 0 Å². The number of alkyl halides is 3. The zero-order chi connectivity index (χ0) is 15.3. The van der Waals surface area contributed by atoms with E-state index in [-0.39, 0.29) is 0 Å². The Kier molecular flexibility index (Phi) is 4.96. The lowest BCUT2D eigenvalue weighted by Gasteiger charge is -2.18. The number of carboxylic acid groups (broad SMARTS) is 1. The van der Waals surface area contributed by atoms with E-state index < -0.39 is 17.7 Å². The van der Waals surface area contributed by atoms with Crippen LogP contribution in [0.2, 0.25) is 0 Å². The highest BCUT2D eigenvalue weighted by Crippen LogP contribution is 2.31. The first-order valence-electron chi connectivity index (χ1n) is 5.66. The van der Waals surface area contributed by atoms with Crippen LogP contribution < -0.4 is 5.11 Å². The summed E-state index contributed by atoms with van der Waals surface area (Å²) in [6.45, 7) is 0. The van der Waals surface area contributed by atoms with E-state index in [2.05, 4.69) is 0 Å². The lowest BCUT2D eigenvalue weighted by molar-refractivity contribution is -0.297. The number of hydrogen-bond donors (Lipinski definition) is 0. The standard InChI is InChI=1S/C14H14F3NO2/c1-18(2)12(7-4-8-13(19)20)10-5-3-6-11(9-10)14(15,16)17/h3-9H,1-2H3,(H,19,20)/p-1. The van der Waals surface area contributed by atoms with E-state index in [0.717, 1.165) is 18.2 Å². The lowest BCUT2D eigenvalue weighted by atomic mass is 10.1. The largest absolute Gasteiger partial charge is 0.545 e. The highest BCUT2D eigenvalue weighted by molar-refractivity contribution is 5.78. The van der Waals surface area contributed by atoms with Crippen molar-refractivity contribution in [3.05, 3.63) is 53.6 Å². The third-order valence-electron chi connectivity index (χ3n) is 2.45. The second-order valence-electron chi connectivity index (χ2n) is 4.20. The van der Waals surface area contributed by atoms with Crippen molar-refractivity contribution in [2.45, 2.75) is 6.18 Å². The molecule has 0 aliphatic carbocycles. The molecule has 0 unspecified atom stereocenters. The highest BCUT2D eigenvalue weighted by Gasteiger charge is 2.30. The average Bonchev–Trinajstić information content (AvgIpc) is 2.33. The van der Waals surface area contributed by atoms with Crippen LogP contribution in [0.25, 0.3) is 5.70 Å². The van der Waals surface area contributed by atoms with Gasteiger partial charge in [-0.3, -0.25) is 0 Å². The highest BCUT2D eigenvalue weighted by atomic mass is 19.4. The van der Waals surface area contributed by atoms with Gasteiger partial charge in [-0.15, -0.1) is 0 Å². The van der Waals surface area contributed by atoms with E-state index in [4.69, 9.17) is 0 Å². The van der Waals surface area contributed by atoms with Gasteiger partial charge in [-0.1, -0.05) is 18.2 Å². The summed E-state index contributed by atoms with van der Waals surface area (Å²) in [5.41, 5.74) is 0.0352. The SMILES string of the molecule is CN(C)C(=CC=CC(=O)[O-])c1cccc(C(F)(F)F)c1. The Hall–Kier alpha value is -2.24. The molecule has 0 saturated carbocycles. The van der Waals surface area contributed by atoms with Crippen LogP contribution in [0.15, 0.2) is 42.5 Å². The Morgan fingerprint density at radius 2 is 1.95 bits per heavy atom. The predicted molar refractivity (Wildman–Crippen MR) is 67.3 cm³/mol. The number of carbonyl (C=O) groups excluding carboxylic acids is 1. The Morgan fingerprint density at radius 1 is 1.30 bits per heavy atom. The number of carboxylic acids is 1. The van der Waals surface area contributed by atoms with Crippen LogP contribution in [-0.2, 0) is 11.0 Å². The summed E-state index contributed by atoms with van der Waals surface area (Å²) in [6.07, 6.45) is -0.998. The van der Waals surface area contributed by atoms with Crippen LogP contribution in [0.1, 0.15) is 11.1 Å². The topological polar surface area (TPSA) is 43.4 Å². The van der Waals surface area contributed by atoms with Crippen LogP contribution in [-0.4, -0.2) is 25.0 Å². The number of aliphatic carboxylic acids is 1. The summed E-state index contributed by atoms with van der Waals surface area (Å²) >= 11 is 0. The number of carbonyl (C=O) groups is 1. The second kappa shape index (κ2) is 6.27. The Bertz CT molecular complexity index is 546. The molecule has 0 atom stereocenters. The molecule has 3 nitrogen and oxygen atoms in total. The van der Waals surface area contributed by atoms with Gasteiger partial charge in [0.25, 0.3) is 0 Å². The molecule has 6 heteroatoms. The summed E-state index contributed by atoms with van der Waals surface area (Å²) in [6, 6.07) is 4.82. The molecule has 108 valence electrons. The lowest BCUT2D eigenvalue weighted by Crippen LogP contribution is -2.18. The van der Waals surface area contributed by atoms with Crippen molar-refractivity contribution in [3.63, 3.8) is 0 Å². The van der Waals surface area contributed by atoms with E-state index in [1.54, 1.807) is 19.0 Å². The van der Waals surface area contributed by atoms with Gasteiger partial charge in [-0.05, 0) is 29.8 Å². The molecule has 1 rings (SSSR count). The first kappa shape index (κ1) is 15.8. The number of hydrogen-bond acceptors (Lipinski definition) is 3. The molecule has 0 spiro atoms. The third-order valence-corrected chi connectivity index (χ3v) is 2.45. The number of rotatable bonds is 4. The molecule has 0 bridgehead atoms. The summed E-state index contributed by atoms with van der Waals surface area (Å²) in [5.74, 6) is -1.37. The third kappa shape index (κ3) is 4.46. The van der Waals surface area contributed by atoms with Gasteiger partial charge in [0.1, 0.15) is 0 Å². The van der Waals surface area contributed by atoms with Gasteiger partial charge in [-0.25, -0.2) is 0 Å². The molecule has 0 radical (unpaired) electrons. The van der Waals surface area contributed by atoms with Crippen molar-refractivity contribution < 1.29 is 23.1 Å². The molecular formula is C14H13F3NO2-. The van der Waals surface area contributed by atoms with E-state index in [0.29, 0.717) is 11.3 Å². The van der Waals surface area contributed by atoms with Crippen molar-refractivity contribution in [1.82, 2.24) is 4.90 Å². The maximum absolute atomic E-state index is 12.7. The van der Waals surface area contributed by atoms with Crippen molar-refractivity contribution in [3.8, 4) is 0 Å². The molecule has 0 fully saturated rings. The van der Waals surface area contributed by atoms with Crippen LogP contribution >= 0.6 is 0 Å². The molecule has 1 aromatic rings.